The molecule has 2 rings (SSSR count). The van der Waals surface area contributed by atoms with Crippen LogP contribution in [0.25, 0.3) is 0 Å². The monoisotopic (exact) mass is 423 g/mol. The summed E-state index contributed by atoms with van der Waals surface area (Å²) >= 11 is 6.04. The van der Waals surface area contributed by atoms with E-state index < -0.39 is 0 Å². The molecule has 0 unspecified atom stereocenters. The molecule has 1 saturated heterocycles. The fourth-order valence-corrected chi connectivity index (χ4v) is 3.45. The summed E-state index contributed by atoms with van der Waals surface area (Å²) in [6.07, 6.45) is 2.93. The standard InChI is InChI=1S/C21H34ClN5O2/c1-4-10-24-20(28)15-27-11-8-18(9-12-27)26-21(23-5-2)25-14-16-6-7-17(22)13-19(16)29-3/h6-7,13,18H,4-5,8-12,14-15H2,1-3H3,(H,24,28)(H2,23,25,26). The maximum absolute atomic E-state index is 11.9. The maximum atomic E-state index is 11.9. The normalized spacial score (nSPS) is 15.8. The molecule has 1 fully saturated rings. The van der Waals surface area contributed by atoms with E-state index in [-0.39, 0.29) is 5.91 Å². The fourth-order valence-electron chi connectivity index (χ4n) is 3.29. The van der Waals surface area contributed by atoms with Crippen LogP contribution in [0, 0.1) is 0 Å². The first-order valence-corrected chi connectivity index (χ1v) is 10.8. The van der Waals surface area contributed by atoms with Crippen LogP contribution in [-0.4, -0.2) is 62.6 Å². The van der Waals surface area contributed by atoms with Crippen LogP contribution in [0.4, 0.5) is 0 Å². The summed E-state index contributed by atoms with van der Waals surface area (Å²) in [5, 5.41) is 10.4. The van der Waals surface area contributed by atoms with Gasteiger partial charge in [0.1, 0.15) is 5.75 Å². The third-order valence-corrected chi connectivity index (χ3v) is 5.10. The van der Waals surface area contributed by atoms with Crippen LogP contribution in [0.2, 0.25) is 5.02 Å². The van der Waals surface area contributed by atoms with E-state index in [0.717, 1.165) is 62.7 Å². The van der Waals surface area contributed by atoms with Crippen LogP contribution in [0.5, 0.6) is 5.75 Å². The number of carbonyl (C=O) groups excluding carboxylic acids is 1. The number of guanidine groups is 1. The van der Waals surface area contributed by atoms with Crippen molar-refractivity contribution < 1.29 is 9.53 Å². The Morgan fingerprint density at radius 3 is 2.69 bits per heavy atom. The molecule has 1 aliphatic rings. The molecular weight excluding hydrogens is 390 g/mol. The number of benzene rings is 1. The van der Waals surface area contributed by atoms with Crippen LogP contribution < -0.4 is 20.7 Å². The third-order valence-electron chi connectivity index (χ3n) is 4.87. The molecule has 1 amide bonds. The van der Waals surface area contributed by atoms with Crippen molar-refractivity contribution in [2.45, 2.75) is 45.7 Å². The number of nitrogens with zero attached hydrogens (tertiary/aromatic N) is 2. The number of likely N-dealkylation sites (tertiary alicyclic amines) is 1. The molecule has 162 valence electrons. The maximum Gasteiger partial charge on any atom is 0.234 e. The van der Waals surface area contributed by atoms with Crippen molar-refractivity contribution in [2.75, 3.05) is 39.8 Å². The number of hydrogen-bond donors (Lipinski definition) is 3. The van der Waals surface area contributed by atoms with E-state index in [9.17, 15) is 4.79 Å². The van der Waals surface area contributed by atoms with E-state index in [1.54, 1.807) is 13.2 Å². The number of nitrogens with one attached hydrogen (secondary N) is 3. The van der Waals surface area contributed by atoms with Crippen molar-refractivity contribution in [1.29, 1.82) is 0 Å². The highest BCUT2D eigenvalue weighted by Crippen LogP contribution is 2.23. The number of rotatable bonds is 9. The minimum atomic E-state index is 0.116. The second-order valence-corrected chi connectivity index (χ2v) is 7.63. The Morgan fingerprint density at radius 2 is 2.03 bits per heavy atom. The van der Waals surface area contributed by atoms with Crippen molar-refractivity contribution in [3.8, 4) is 5.75 Å². The minimum absolute atomic E-state index is 0.116. The summed E-state index contributed by atoms with van der Waals surface area (Å²) in [4.78, 5) is 18.8. The second kappa shape index (κ2) is 12.5. The van der Waals surface area contributed by atoms with Gasteiger partial charge in [-0.2, -0.15) is 0 Å². The van der Waals surface area contributed by atoms with Gasteiger partial charge >= 0.3 is 0 Å². The van der Waals surface area contributed by atoms with Crippen molar-refractivity contribution in [1.82, 2.24) is 20.9 Å². The molecule has 0 saturated carbocycles. The van der Waals surface area contributed by atoms with Gasteiger partial charge in [-0.3, -0.25) is 9.69 Å². The van der Waals surface area contributed by atoms with Gasteiger partial charge in [0.05, 0.1) is 20.2 Å². The molecule has 0 radical (unpaired) electrons. The molecule has 8 heteroatoms. The van der Waals surface area contributed by atoms with Crippen LogP contribution in [0.15, 0.2) is 23.2 Å². The zero-order valence-corrected chi connectivity index (χ0v) is 18.5. The van der Waals surface area contributed by atoms with Gasteiger partial charge in [0, 0.05) is 42.8 Å². The van der Waals surface area contributed by atoms with Crippen molar-refractivity contribution in [3.63, 3.8) is 0 Å². The molecule has 7 nitrogen and oxygen atoms in total. The summed E-state index contributed by atoms with van der Waals surface area (Å²) in [5.74, 6) is 1.65. The number of ether oxygens (including phenoxy) is 1. The van der Waals surface area contributed by atoms with E-state index in [4.69, 9.17) is 21.3 Å². The smallest absolute Gasteiger partial charge is 0.234 e. The highest BCUT2D eigenvalue weighted by atomic mass is 35.5. The lowest BCUT2D eigenvalue weighted by Gasteiger charge is -2.32. The van der Waals surface area contributed by atoms with E-state index in [2.05, 4.69) is 34.7 Å². The molecule has 1 aliphatic heterocycles. The first-order chi connectivity index (χ1) is 14.0. The number of hydrogen-bond acceptors (Lipinski definition) is 4. The van der Waals surface area contributed by atoms with Crippen LogP contribution in [-0.2, 0) is 11.3 Å². The zero-order valence-electron chi connectivity index (χ0n) is 17.8. The molecule has 0 bridgehead atoms. The number of methoxy groups -OCH3 is 1. The lowest BCUT2D eigenvalue weighted by molar-refractivity contribution is -0.122. The number of carbonyl (C=O) groups is 1. The Morgan fingerprint density at radius 1 is 1.28 bits per heavy atom. The lowest BCUT2D eigenvalue weighted by Crippen LogP contribution is -2.50. The van der Waals surface area contributed by atoms with Gasteiger partial charge in [0.2, 0.25) is 5.91 Å². The van der Waals surface area contributed by atoms with E-state index >= 15 is 0 Å². The molecule has 0 spiro atoms. The van der Waals surface area contributed by atoms with E-state index in [1.165, 1.54) is 0 Å². The van der Waals surface area contributed by atoms with Gasteiger partial charge < -0.3 is 20.7 Å². The predicted molar refractivity (Wildman–Crippen MR) is 119 cm³/mol. The quantitative estimate of drug-likeness (QED) is 0.420. The summed E-state index contributed by atoms with van der Waals surface area (Å²) in [6.45, 7) is 8.45. The van der Waals surface area contributed by atoms with Gasteiger partial charge in [-0.05, 0) is 38.3 Å². The highest BCUT2D eigenvalue weighted by Gasteiger charge is 2.21. The largest absolute Gasteiger partial charge is 0.496 e. The average Bonchev–Trinajstić information content (AvgIpc) is 2.72. The fraction of sp³-hybridized carbons (Fsp3) is 0.619. The molecule has 3 N–H and O–H groups in total. The molecule has 0 atom stereocenters. The van der Waals surface area contributed by atoms with Gasteiger partial charge in [-0.1, -0.05) is 24.6 Å². The zero-order chi connectivity index (χ0) is 21.1. The SMILES string of the molecule is CCCNC(=O)CN1CCC(NC(=NCc2ccc(Cl)cc2OC)NCC)CC1. The molecule has 0 aromatic heterocycles. The Balaban J connectivity index is 1.86. The van der Waals surface area contributed by atoms with Gasteiger partial charge in [0.25, 0.3) is 0 Å². The Bertz CT molecular complexity index is 675. The minimum Gasteiger partial charge on any atom is -0.496 e. The Hall–Kier alpha value is -1.99. The number of amides is 1. The Labute approximate surface area is 179 Å². The van der Waals surface area contributed by atoms with Crippen LogP contribution in [0.1, 0.15) is 38.7 Å². The second-order valence-electron chi connectivity index (χ2n) is 7.20. The van der Waals surface area contributed by atoms with Crippen molar-refractivity contribution in [3.05, 3.63) is 28.8 Å². The molecular formula is C21H34ClN5O2. The number of halogens is 1. The Kier molecular flexibility index (Phi) is 10.1. The number of aliphatic imine (C=N–C) groups is 1. The lowest BCUT2D eigenvalue weighted by atomic mass is 10.1. The molecule has 1 aromatic rings. The van der Waals surface area contributed by atoms with Gasteiger partial charge in [-0.25, -0.2) is 4.99 Å². The first-order valence-electron chi connectivity index (χ1n) is 10.4. The summed E-state index contributed by atoms with van der Waals surface area (Å²) in [6, 6.07) is 5.94. The molecule has 0 aliphatic carbocycles. The summed E-state index contributed by atoms with van der Waals surface area (Å²) in [7, 11) is 1.64. The number of piperidine rings is 1. The molecule has 29 heavy (non-hydrogen) atoms. The summed E-state index contributed by atoms with van der Waals surface area (Å²) < 4.78 is 5.40. The molecule has 1 heterocycles. The first kappa shape index (κ1) is 23.3. The van der Waals surface area contributed by atoms with Crippen LogP contribution >= 0.6 is 11.6 Å². The highest BCUT2D eigenvalue weighted by molar-refractivity contribution is 6.30. The van der Waals surface area contributed by atoms with Crippen molar-refractivity contribution in [2.24, 2.45) is 4.99 Å². The summed E-state index contributed by atoms with van der Waals surface area (Å²) in [5.41, 5.74) is 0.988. The average molecular weight is 424 g/mol. The topological polar surface area (TPSA) is 78.0 Å². The van der Waals surface area contributed by atoms with Crippen LogP contribution in [0.3, 0.4) is 0 Å². The predicted octanol–water partition coefficient (Wildman–Crippen LogP) is 2.39. The van der Waals surface area contributed by atoms with E-state index in [0.29, 0.717) is 24.2 Å². The van der Waals surface area contributed by atoms with E-state index in [1.807, 2.05) is 12.1 Å². The third kappa shape index (κ3) is 8.11. The van der Waals surface area contributed by atoms with Gasteiger partial charge in [-0.15, -0.1) is 0 Å². The van der Waals surface area contributed by atoms with Crippen molar-refractivity contribution >= 4 is 23.5 Å². The van der Waals surface area contributed by atoms with Gasteiger partial charge in [0.15, 0.2) is 5.96 Å². The molecule has 1 aromatic carbocycles.